The third-order valence-corrected chi connectivity index (χ3v) is 2.29. The van der Waals surface area contributed by atoms with Gasteiger partial charge in [0, 0.05) is 12.6 Å². The molecule has 0 amide bonds. The normalized spacial score (nSPS) is 11.8. The molecule has 0 spiro atoms. The van der Waals surface area contributed by atoms with Crippen molar-refractivity contribution in [3.63, 3.8) is 0 Å². The first-order chi connectivity index (χ1) is 5.77. The van der Waals surface area contributed by atoms with E-state index in [1.807, 2.05) is 6.26 Å². The SMILES string of the molecule is CN=C(SC)c1ccc(F)cc1. The summed E-state index contributed by atoms with van der Waals surface area (Å²) in [6, 6.07) is 6.34. The fourth-order valence-corrected chi connectivity index (χ4v) is 1.49. The smallest absolute Gasteiger partial charge is 0.123 e. The van der Waals surface area contributed by atoms with E-state index >= 15 is 0 Å². The van der Waals surface area contributed by atoms with Gasteiger partial charge in [-0.25, -0.2) is 4.39 Å². The van der Waals surface area contributed by atoms with E-state index in [1.165, 1.54) is 12.1 Å². The highest BCUT2D eigenvalue weighted by molar-refractivity contribution is 8.13. The Balaban J connectivity index is 2.96. The summed E-state index contributed by atoms with van der Waals surface area (Å²) in [5.74, 6) is -0.213. The maximum Gasteiger partial charge on any atom is 0.123 e. The Kier molecular flexibility index (Phi) is 3.29. The molecule has 1 rings (SSSR count). The molecule has 0 radical (unpaired) electrons. The zero-order chi connectivity index (χ0) is 8.97. The van der Waals surface area contributed by atoms with Gasteiger partial charge in [-0.15, -0.1) is 11.8 Å². The summed E-state index contributed by atoms with van der Waals surface area (Å²) in [5, 5.41) is 0.926. The zero-order valence-electron chi connectivity index (χ0n) is 7.04. The van der Waals surface area contributed by atoms with Crippen molar-refractivity contribution in [1.82, 2.24) is 0 Å². The summed E-state index contributed by atoms with van der Waals surface area (Å²) in [4.78, 5) is 4.06. The van der Waals surface area contributed by atoms with Gasteiger partial charge in [-0.2, -0.15) is 0 Å². The lowest BCUT2D eigenvalue weighted by atomic mass is 10.2. The summed E-state index contributed by atoms with van der Waals surface area (Å²) in [6.07, 6.45) is 1.95. The van der Waals surface area contributed by atoms with Gasteiger partial charge in [-0.3, -0.25) is 4.99 Å². The molecule has 1 aromatic rings. The van der Waals surface area contributed by atoms with Gasteiger partial charge in [0.2, 0.25) is 0 Å². The largest absolute Gasteiger partial charge is 0.281 e. The van der Waals surface area contributed by atoms with Crippen molar-refractivity contribution in [3.8, 4) is 0 Å². The second kappa shape index (κ2) is 4.26. The molecule has 0 aliphatic rings. The first-order valence-electron chi connectivity index (χ1n) is 3.54. The third kappa shape index (κ3) is 2.08. The van der Waals surface area contributed by atoms with Crippen LogP contribution >= 0.6 is 11.8 Å². The summed E-state index contributed by atoms with van der Waals surface area (Å²) in [6.45, 7) is 0. The molecule has 64 valence electrons. The van der Waals surface area contributed by atoms with E-state index in [9.17, 15) is 4.39 Å². The Morgan fingerprint density at radius 2 is 1.92 bits per heavy atom. The molecule has 0 heterocycles. The molecular formula is C9H10FNS. The lowest BCUT2D eigenvalue weighted by Crippen LogP contribution is -1.93. The standard InChI is InChI=1S/C9H10FNS/c1-11-9(12-2)7-3-5-8(10)6-4-7/h3-6H,1-2H3. The minimum absolute atomic E-state index is 0.213. The molecule has 0 unspecified atom stereocenters. The number of thioether (sulfide) groups is 1. The number of rotatable bonds is 1. The highest BCUT2D eigenvalue weighted by atomic mass is 32.2. The van der Waals surface area contributed by atoms with E-state index in [4.69, 9.17) is 0 Å². The Hall–Kier alpha value is -0.830. The summed E-state index contributed by atoms with van der Waals surface area (Å²) >= 11 is 1.56. The fourth-order valence-electron chi connectivity index (χ4n) is 0.931. The van der Waals surface area contributed by atoms with E-state index in [0.29, 0.717) is 0 Å². The van der Waals surface area contributed by atoms with Crippen molar-refractivity contribution in [2.45, 2.75) is 0 Å². The Morgan fingerprint density at radius 1 is 1.33 bits per heavy atom. The predicted octanol–water partition coefficient (Wildman–Crippen LogP) is 2.57. The molecule has 0 fully saturated rings. The second-order valence-corrected chi connectivity index (χ2v) is 3.03. The molecular weight excluding hydrogens is 173 g/mol. The van der Waals surface area contributed by atoms with Crippen molar-refractivity contribution in [2.24, 2.45) is 4.99 Å². The van der Waals surface area contributed by atoms with Gasteiger partial charge >= 0.3 is 0 Å². The van der Waals surface area contributed by atoms with Crippen molar-refractivity contribution < 1.29 is 4.39 Å². The Morgan fingerprint density at radius 3 is 2.33 bits per heavy atom. The van der Waals surface area contributed by atoms with Gasteiger partial charge in [-0.05, 0) is 30.5 Å². The van der Waals surface area contributed by atoms with Gasteiger partial charge in [-0.1, -0.05) is 0 Å². The monoisotopic (exact) mass is 183 g/mol. The number of hydrogen-bond acceptors (Lipinski definition) is 2. The van der Waals surface area contributed by atoms with Crippen molar-refractivity contribution in [2.75, 3.05) is 13.3 Å². The van der Waals surface area contributed by atoms with E-state index in [1.54, 1.807) is 30.9 Å². The first-order valence-corrected chi connectivity index (χ1v) is 4.77. The Bertz CT molecular complexity index is 279. The number of benzene rings is 1. The molecule has 0 atom stereocenters. The van der Waals surface area contributed by atoms with E-state index in [0.717, 1.165) is 10.6 Å². The van der Waals surface area contributed by atoms with Crippen LogP contribution in [0.25, 0.3) is 0 Å². The Labute approximate surface area is 75.7 Å². The van der Waals surface area contributed by atoms with Crippen LogP contribution in [0.15, 0.2) is 29.3 Å². The van der Waals surface area contributed by atoms with Crippen LogP contribution in [-0.4, -0.2) is 18.3 Å². The molecule has 0 saturated carbocycles. The molecule has 0 saturated heterocycles. The van der Waals surface area contributed by atoms with E-state index in [-0.39, 0.29) is 5.82 Å². The van der Waals surface area contributed by atoms with Crippen LogP contribution in [0, 0.1) is 5.82 Å². The van der Waals surface area contributed by atoms with Gasteiger partial charge in [0.25, 0.3) is 0 Å². The highest BCUT2D eigenvalue weighted by Gasteiger charge is 1.99. The summed E-state index contributed by atoms with van der Waals surface area (Å²) < 4.78 is 12.5. The minimum Gasteiger partial charge on any atom is -0.281 e. The fraction of sp³-hybridized carbons (Fsp3) is 0.222. The predicted molar refractivity (Wildman–Crippen MR) is 52.4 cm³/mol. The molecule has 12 heavy (non-hydrogen) atoms. The number of nitrogens with zero attached hydrogens (tertiary/aromatic N) is 1. The lowest BCUT2D eigenvalue weighted by molar-refractivity contribution is 0.628. The van der Waals surface area contributed by atoms with Crippen molar-refractivity contribution in [3.05, 3.63) is 35.6 Å². The van der Waals surface area contributed by atoms with Crippen LogP contribution < -0.4 is 0 Å². The average Bonchev–Trinajstić information content (AvgIpc) is 2.10. The maximum absolute atomic E-state index is 12.5. The molecule has 0 aromatic heterocycles. The molecule has 1 nitrogen and oxygen atoms in total. The quantitative estimate of drug-likeness (QED) is 0.481. The number of hydrogen-bond donors (Lipinski definition) is 0. The van der Waals surface area contributed by atoms with Crippen LogP contribution in [0.2, 0.25) is 0 Å². The number of aliphatic imine (C=N–C) groups is 1. The molecule has 0 bridgehead atoms. The lowest BCUT2D eigenvalue weighted by Gasteiger charge is -2.00. The topological polar surface area (TPSA) is 12.4 Å². The molecule has 0 N–H and O–H groups in total. The van der Waals surface area contributed by atoms with Gasteiger partial charge in [0.15, 0.2) is 0 Å². The summed E-state index contributed by atoms with van der Waals surface area (Å²) in [5.41, 5.74) is 0.964. The van der Waals surface area contributed by atoms with Crippen LogP contribution in [-0.2, 0) is 0 Å². The van der Waals surface area contributed by atoms with Gasteiger partial charge < -0.3 is 0 Å². The van der Waals surface area contributed by atoms with Crippen molar-refractivity contribution >= 4 is 16.8 Å². The van der Waals surface area contributed by atoms with Crippen molar-refractivity contribution in [1.29, 1.82) is 0 Å². The van der Waals surface area contributed by atoms with Crippen LogP contribution in [0.4, 0.5) is 4.39 Å². The molecule has 0 aliphatic carbocycles. The molecule has 0 aliphatic heterocycles. The van der Waals surface area contributed by atoms with Crippen LogP contribution in [0.1, 0.15) is 5.56 Å². The summed E-state index contributed by atoms with van der Waals surface area (Å²) in [7, 11) is 1.73. The van der Waals surface area contributed by atoms with E-state index < -0.39 is 0 Å². The van der Waals surface area contributed by atoms with Gasteiger partial charge in [0.05, 0.1) is 5.04 Å². The van der Waals surface area contributed by atoms with Crippen LogP contribution in [0.3, 0.4) is 0 Å². The molecule has 1 aromatic carbocycles. The minimum atomic E-state index is -0.213. The second-order valence-electron chi connectivity index (χ2n) is 2.24. The zero-order valence-corrected chi connectivity index (χ0v) is 7.86. The third-order valence-electron chi connectivity index (χ3n) is 1.49. The molecule has 3 heteroatoms. The highest BCUT2D eigenvalue weighted by Crippen LogP contribution is 2.11. The number of halogens is 1. The van der Waals surface area contributed by atoms with E-state index in [2.05, 4.69) is 4.99 Å². The average molecular weight is 183 g/mol. The maximum atomic E-state index is 12.5. The van der Waals surface area contributed by atoms with Crippen LogP contribution in [0.5, 0.6) is 0 Å². The van der Waals surface area contributed by atoms with Gasteiger partial charge in [0.1, 0.15) is 5.82 Å². The first kappa shape index (κ1) is 9.26.